The van der Waals surface area contributed by atoms with Gasteiger partial charge in [-0.05, 0) is 18.7 Å². The molecule has 0 aliphatic carbocycles. The topological polar surface area (TPSA) is 66.0 Å². The van der Waals surface area contributed by atoms with Gasteiger partial charge >= 0.3 is 0 Å². The lowest BCUT2D eigenvalue weighted by molar-refractivity contribution is 0.415. The van der Waals surface area contributed by atoms with E-state index < -0.39 is 0 Å². The molecule has 0 saturated carbocycles. The number of rotatable bonds is 4. The van der Waals surface area contributed by atoms with Crippen LogP contribution in [0.2, 0.25) is 0 Å². The SMILES string of the molecule is COc1cccc(-c2nc(CCN)n(C)n2)c1. The highest BCUT2D eigenvalue weighted by atomic mass is 16.5. The van der Waals surface area contributed by atoms with Gasteiger partial charge in [0.05, 0.1) is 7.11 Å². The summed E-state index contributed by atoms with van der Waals surface area (Å²) in [6, 6.07) is 7.70. The Labute approximate surface area is 100 Å². The Kier molecular flexibility index (Phi) is 3.39. The molecular formula is C12H16N4O. The van der Waals surface area contributed by atoms with E-state index in [-0.39, 0.29) is 0 Å². The summed E-state index contributed by atoms with van der Waals surface area (Å²) in [5, 5.41) is 4.37. The summed E-state index contributed by atoms with van der Waals surface area (Å²) in [5.74, 6) is 2.40. The van der Waals surface area contributed by atoms with E-state index in [1.807, 2.05) is 31.3 Å². The van der Waals surface area contributed by atoms with Crippen LogP contribution in [0, 0.1) is 0 Å². The summed E-state index contributed by atoms with van der Waals surface area (Å²) in [6.07, 6.45) is 0.730. The first-order chi connectivity index (χ1) is 8.24. The van der Waals surface area contributed by atoms with Gasteiger partial charge in [-0.25, -0.2) is 4.98 Å². The van der Waals surface area contributed by atoms with Crippen LogP contribution >= 0.6 is 0 Å². The first kappa shape index (κ1) is 11.6. The van der Waals surface area contributed by atoms with Crippen LogP contribution in [0.3, 0.4) is 0 Å². The van der Waals surface area contributed by atoms with Gasteiger partial charge in [0.15, 0.2) is 5.82 Å². The predicted octanol–water partition coefficient (Wildman–Crippen LogP) is 0.992. The number of benzene rings is 1. The van der Waals surface area contributed by atoms with Crippen molar-refractivity contribution < 1.29 is 4.74 Å². The van der Waals surface area contributed by atoms with Crippen LogP contribution in [0.25, 0.3) is 11.4 Å². The minimum absolute atomic E-state index is 0.573. The predicted molar refractivity (Wildman–Crippen MR) is 65.7 cm³/mol. The van der Waals surface area contributed by atoms with Gasteiger partial charge in [0.2, 0.25) is 0 Å². The molecule has 1 aromatic heterocycles. The molecular weight excluding hydrogens is 216 g/mol. The van der Waals surface area contributed by atoms with Crippen molar-refractivity contribution in [3.05, 3.63) is 30.1 Å². The molecule has 0 atom stereocenters. The van der Waals surface area contributed by atoms with Gasteiger partial charge in [-0.1, -0.05) is 12.1 Å². The fourth-order valence-electron chi connectivity index (χ4n) is 1.65. The van der Waals surface area contributed by atoms with Crippen LogP contribution in [0.1, 0.15) is 5.82 Å². The molecule has 0 fully saturated rings. The fraction of sp³-hybridized carbons (Fsp3) is 0.333. The van der Waals surface area contributed by atoms with Crippen LogP contribution < -0.4 is 10.5 Å². The van der Waals surface area contributed by atoms with Gasteiger partial charge in [0, 0.05) is 19.0 Å². The Hall–Kier alpha value is -1.88. The van der Waals surface area contributed by atoms with E-state index in [9.17, 15) is 0 Å². The van der Waals surface area contributed by atoms with Crippen LogP contribution in [0.4, 0.5) is 0 Å². The third-order valence-electron chi connectivity index (χ3n) is 2.55. The van der Waals surface area contributed by atoms with E-state index in [0.717, 1.165) is 23.6 Å². The molecule has 17 heavy (non-hydrogen) atoms. The third-order valence-corrected chi connectivity index (χ3v) is 2.55. The monoisotopic (exact) mass is 232 g/mol. The number of hydrogen-bond acceptors (Lipinski definition) is 4. The van der Waals surface area contributed by atoms with Crippen LogP contribution in [-0.4, -0.2) is 28.4 Å². The Morgan fingerprint density at radius 3 is 2.94 bits per heavy atom. The number of nitrogens with two attached hydrogens (primary N) is 1. The van der Waals surface area contributed by atoms with E-state index in [4.69, 9.17) is 10.5 Å². The van der Waals surface area contributed by atoms with Crippen molar-refractivity contribution in [3.8, 4) is 17.1 Å². The number of aromatic nitrogens is 3. The molecule has 0 aliphatic rings. The quantitative estimate of drug-likeness (QED) is 0.853. The number of aryl methyl sites for hydroxylation is 1. The summed E-state index contributed by atoms with van der Waals surface area (Å²) in [4.78, 5) is 4.46. The standard InChI is InChI=1S/C12H16N4O/c1-16-11(6-7-13)14-12(15-16)9-4-3-5-10(8-9)17-2/h3-5,8H,6-7,13H2,1-2H3. The van der Waals surface area contributed by atoms with E-state index >= 15 is 0 Å². The van der Waals surface area contributed by atoms with E-state index in [2.05, 4.69) is 10.1 Å². The summed E-state index contributed by atoms with van der Waals surface area (Å²) in [5.41, 5.74) is 6.47. The van der Waals surface area contributed by atoms with E-state index in [0.29, 0.717) is 12.4 Å². The molecule has 0 saturated heterocycles. The zero-order valence-electron chi connectivity index (χ0n) is 10.1. The van der Waals surface area contributed by atoms with Crippen molar-refractivity contribution in [3.63, 3.8) is 0 Å². The van der Waals surface area contributed by atoms with Crippen LogP contribution in [-0.2, 0) is 13.5 Å². The molecule has 0 amide bonds. The molecule has 0 unspecified atom stereocenters. The normalized spacial score (nSPS) is 10.5. The summed E-state index contributed by atoms with van der Waals surface area (Å²) in [7, 11) is 3.52. The second-order valence-corrected chi connectivity index (χ2v) is 3.75. The third kappa shape index (κ3) is 2.45. The van der Waals surface area contributed by atoms with E-state index in [1.165, 1.54) is 0 Å². The molecule has 0 spiro atoms. The van der Waals surface area contributed by atoms with Crippen molar-refractivity contribution >= 4 is 0 Å². The molecule has 90 valence electrons. The second-order valence-electron chi connectivity index (χ2n) is 3.75. The lowest BCUT2D eigenvalue weighted by Crippen LogP contribution is -2.08. The van der Waals surface area contributed by atoms with Gasteiger partial charge in [-0.15, -0.1) is 0 Å². The number of nitrogens with zero attached hydrogens (tertiary/aromatic N) is 3. The zero-order valence-corrected chi connectivity index (χ0v) is 10.1. The maximum Gasteiger partial charge on any atom is 0.181 e. The van der Waals surface area contributed by atoms with Gasteiger partial charge in [-0.2, -0.15) is 5.10 Å². The van der Waals surface area contributed by atoms with Gasteiger partial charge in [0.1, 0.15) is 11.6 Å². The molecule has 5 heteroatoms. The number of methoxy groups -OCH3 is 1. The van der Waals surface area contributed by atoms with Crippen LogP contribution in [0.15, 0.2) is 24.3 Å². The Bertz CT molecular complexity index is 507. The Morgan fingerprint density at radius 1 is 1.41 bits per heavy atom. The zero-order chi connectivity index (χ0) is 12.3. The molecule has 1 heterocycles. The first-order valence-electron chi connectivity index (χ1n) is 5.49. The molecule has 5 nitrogen and oxygen atoms in total. The van der Waals surface area contributed by atoms with Gasteiger partial charge in [-0.3, -0.25) is 4.68 Å². The minimum Gasteiger partial charge on any atom is -0.497 e. The summed E-state index contributed by atoms with van der Waals surface area (Å²) >= 11 is 0. The fourth-order valence-corrected chi connectivity index (χ4v) is 1.65. The van der Waals surface area contributed by atoms with Crippen LogP contribution in [0.5, 0.6) is 5.75 Å². The molecule has 1 aromatic carbocycles. The largest absolute Gasteiger partial charge is 0.497 e. The highest BCUT2D eigenvalue weighted by Gasteiger charge is 2.09. The molecule has 2 rings (SSSR count). The maximum absolute atomic E-state index is 5.52. The average Bonchev–Trinajstić information content (AvgIpc) is 2.72. The maximum atomic E-state index is 5.52. The smallest absolute Gasteiger partial charge is 0.181 e. The number of ether oxygens (including phenoxy) is 1. The highest BCUT2D eigenvalue weighted by molar-refractivity contribution is 5.57. The minimum atomic E-state index is 0.573. The van der Waals surface area contributed by atoms with Crippen molar-refractivity contribution in [2.75, 3.05) is 13.7 Å². The molecule has 2 N–H and O–H groups in total. The van der Waals surface area contributed by atoms with Gasteiger partial charge < -0.3 is 10.5 Å². The van der Waals surface area contributed by atoms with Crippen molar-refractivity contribution in [1.82, 2.24) is 14.8 Å². The first-order valence-corrected chi connectivity index (χ1v) is 5.49. The lowest BCUT2D eigenvalue weighted by Gasteiger charge is -2.00. The van der Waals surface area contributed by atoms with Crippen molar-refractivity contribution in [2.24, 2.45) is 12.8 Å². The molecule has 0 radical (unpaired) electrons. The Balaban J connectivity index is 2.35. The van der Waals surface area contributed by atoms with E-state index in [1.54, 1.807) is 11.8 Å². The Morgan fingerprint density at radius 2 is 2.24 bits per heavy atom. The summed E-state index contributed by atoms with van der Waals surface area (Å²) < 4.78 is 6.94. The van der Waals surface area contributed by atoms with Gasteiger partial charge in [0.25, 0.3) is 0 Å². The molecule has 0 bridgehead atoms. The average molecular weight is 232 g/mol. The van der Waals surface area contributed by atoms with Crippen molar-refractivity contribution in [2.45, 2.75) is 6.42 Å². The molecule has 0 aliphatic heterocycles. The molecule has 2 aromatic rings. The summed E-state index contributed by atoms with van der Waals surface area (Å²) in [6.45, 7) is 0.573. The second kappa shape index (κ2) is 4.97. The lowest BCUT2D eigenvalue weighted by atomic mass is 10.2. The highest BCUT2D eigenvalue weighted by Crippen LogP contribution is 2.20. The van der Waals surface area contributed by atoms with Crippen molar-refractivity contribution in [1.29, 1.82) is 0 Å². The number of hydrogen-bond donors (Lipinski definition) is 1.